The molecule has 1 unspecified atom stereocenters. The fraction of sp³-hybridized carbons (Fsp3) is 0.538. The van der Waals surface area contributed by atoms with Gasteiger partial charge in [0.2, 0.25) is 0 Å². The van der Waals surface area contributed by atoms with Gasteiger partial charge in [-0.3, -0.25) is 0 Å². The lowest BCUT2D eigenvalue weighted by molar-refractivity contribution is 0.348. The second-order valence-corrected chi connectivity index (χ2v) is 4.69. The Balaban J connectivity index is 2.56. The van der Waals surface area contributed by atoms with E-state index in [0.717, 1.165) is 34.9 Å². The molecule has 1 aromatic rings. The molecule has 1 aromatic carbocycles. The summed E-state index contributed by atoms with van der Waals surface area (Å²) in [6.45, 7) is 3.07. The fourth-order valence-corrected chi connectivity index (χ4v) is 2.63. The van der Waals surface area contributed by atoms with Crippen molar-refractivity contribution in [3.05, 3.63) is 22.2 Å². The van der Waals surface area contributed by atoms with Crippen molar-refractivity contribution in [2.75, 3.05) is 20.8 Å². The van der Waals surface area contributed by atoms with Crippen molar-refractivity contribution in [3.8, 4) is 11.5 Å². The molecule has 17 heavy (non-hydrogen) atoms. The number of benzene rings is 1. The highest BCUT2D eigenvalue weighted by Crippen LogP contribution is 2.42. The molecule has 0 aliphatic carbocycles. The zero-order valence-electron chi connectivity index (χ0n) is 10.5. The number of methoxy groups -OCH3 is 2. The standard InChI is InChI=1S/C13H18ClNO2/c1-8-9(14)7-11(16-2)13(17-3)12(8)10-5-4-6-15-10/h7,10,15H,4-6H2,1-3H3. The van der Waals surface area contributed by atoms with Crippen LogP contribution in [0.3, 0.4) is 0 Å². The van der Waals surface area contributed by atoms with Gasteiger partial charge in [-0.15, -0.1) is 0 Å². The quantitative estimate of drug-likeness (QED) is 0.900. The van der Waals surface area contributed by atoms with Crippen molar-refractivity contribution in [3.63, 3.8) is 0 Å². The maximum Gasteiger partial charge on any atom is 0.165 e. The molecule has 1 heterocycles. The number of nitrogens with one attached hydrogen (secondary N) is 1. The van der Waals surface area contributed by atoms with Crippen molar-refractivity contribution in [2.45, 2.75) is 25.8 Å². The highest BCUT2D eigenvalue weighted by Gasteiger charge is 2.25. The Hall–Kier alpha value is -0.930. The Bertz CT molecular complexity index is 414. The Morgan fingerprint density at radius 1 is 1.35 bits per heavy atom. The lowest BCUT2D eigenvalue weighted by Gasteiger charge is -2.21. The van der Waals surface area contributed by atoms with Crippen LogP contribution >= 0.6 is 11.6 Å². The molecule has 1 fully saturated rings. The molecule has 94 valence electrons. The van der Waals surface area contributed by atoms with Gasteiger partial charge in [-0.25, -0.2) is 0 Å². The van der Waals surface area contributed by atoms with Crippen LogP contribution in [0.5, 0.6) is 11.5 Å². The van der Waals surface area contributed by atoms with E-state index in [1.165, 1.54) is 6.42 Å². The van der Waals surface area contributed by atoms with Gasteiger partial charge in [0.15, 0.2) is 11.5 Å². The predicted molar refractivity (Wildman–Crippen MR) is 69.3 cm³/mol. The number of hydrogen-bond donors (Lipinski definition) is 1. The van der Waals surface area contributed by atoms with Crippen LogP contribution in [0.15, 0.2) is 6.07 Å². The van der Waals surface area contributed by atoms with Crippen molar-refractivity contribution >= 4 is 11.6 Å². The summed E-state index contributed by atoms with van der Waals surface area (Å²) in [5.41, 5.74) is 2.21. The molecular weight excluding hydrogens is 238 g/mol. The second kappa shape index (κ2) is 5.15. The average Bonchev–Trinajstić information content (AvgIpc) is 2.85. The molecule has 0 amide bonds. The van der Waals surface area contributed by atoms with Gasteiger partial charge >= 0.3 is 0 Å². The largest absolute Gasteiger partial charge is 0.493 e. The van der Waals surface area contributed by atoms with Gasteiger partial charge in [0.1, 0.15) is 0 Å². The minimum absolute atomic E-state index is 0.317. The van der Waals surface area contributed by atoms with E-state index in [-0.39, 0.29) is 0 Å². The molecule has 1 aliphatic rings. The topological polar surface area (TPSA) is 30.5 Å². The first-order chi connectivity index (χ1) is 8.19. The van der Waals surface area contributed by atoms with Crippen LogP contribution in [0, 0.1) is 6.92 Å². The monoisotopic (exact) mass is 255 g/mol. The van der Waals surface area contributed by atoms with Gasteiger partial charge in [0.05, 0.1) is 14.2 Å². The van der Waals surface area contributed by atoms with Crippen LogP contribution in [0.4, 0.5) is 0 Å². The highest BCUT2D eigenvalue weighted by molar-refractivity contribution is 6.31. The Kier molecular flexibility index (Phi) is 3.79. The third-order valence-corrected chi connectivity index (χ3v) is 3.71. The molecular formula is C13H18ClNO2. The number of halogens is 1. The summed E-state index contributed by atoms with van der Waals surface area (Å²) in [5.74, 6) is 1.50. The van der Waals surface area contributed by atoms with Crippen LogP contribution < -0.4 is 14.8 Å². The molecule has 2 rings (SSSR count). The molecule has 0 aromatic heterocycles. The SMILES string of the molecule is COc1cc(Cl)c(C)c(C2CCCN2)c1OC. The number of rotatable bonds is 3. The molecule has 0 bridgehead atoms. The van der Waals surface area contributed by atoms with E-state index in [0.29, 0.717) is 11.8 Å². The maximum absolute atomic E-state index is 6.24. The second-order valence-electron chi connectivity index (χ2n) is 4.28. The van der Waals surface area contributed by atoms with Gasteiger partial charge < -0.3 is 14.8 Å². The minimum atomic E-state index is 0.317. The molecule has 0 spiro atoms. The van der Waals surface area contributed by atoms with Crippen molar-refractivity contribution < 1.29 is 9.47 Å². The summed E-state index contributed by atoms with van der Waals surface area (Å²) >= 11 is 6.24. The van der Waals surface area contributed by atoms with E-state index in [1.807, 2.05) is 13.0 Å². The summed E-state index contributed by atoms with van der Waals surface area (Å²) in [6, 6.07) is 2.13. The molecule has 1 N–H and O–H groups in total. The van der Waals surface area contributed by atoms with E-state index in [1.54, 1.807) is 14.2 Å². The number of hydrogen-bond acceptors (Lipinski definition) is 3. The summed E-state index contributed by atoms with van der Waals surface area (Å²) < 4.78 is 10.8. The van der Waals surface area contributed by atoms with Gasteiger partial charge in [-0.05, 0) is 31.9 Å². The molecule has 3 nitrogen and oxygen atoms in total. The predicted octanol–water partition coefficient (Wildman–Crippen LogP) is 3.09. The smallest absolute Gasteiger partial charge is 0.165 e. The highest BCUT2D eigenvalue weighted by atomic mass is 35.5. The van der Waals surface area contributed by atoms with E-state index in [2.05, 4.69) is 5.32 Å². The first-order valence-corrected chi connectivity index (χ1v) is 6.21. The molecule has 0 radical (unpaired) electrons. The van der Waals surface area contributed by atoms with Gasteiger partial charge in [0, 0.05) is 22.7 Å². The zero-order chi connectivity index (χ0) is 12.4. The van der Waals surface area contributed by atoms with Crippen molar-refractivity contribution in [1.29, 1.82) is 0 Å². The van der Waals surface area contributed by atoms with E-state index < -0.39 is 0 Å². The third-order valence-electron chi connectivity index (χ3n) is 3.32. The fourth-order valence-electron chi connectivity index (χ4n) is 2.43. The minimum Gasteiger partial charge on any atom is -0.493 e. The van der Waals surface area contributed by atoms with Crippen LogP contribution in [-0.2, 0) is 0 Å². The van der Waals surface area contributed by atoms with E-state index in [4.69, 9.17) is 21.1 Å². The van der Waals surface area contributed by atoms with Crippen LogP contribution in [-0.4, -0.2) is 20.8 Å². The maximum atomic E-state index is 6.24. The lowest BCUT2D eigenvalue weighted by atomic mass is 9.98. The summed E-state index contributed by atoms with van der Waals surface area (Å²) in [5, 5.41) is 4.20. The molecule has 1 aliphatic heterocycles. The van der Waals surface area contributed by atoms with Crippen LogP contribution in [0.2, 0.25) is 5.02 Å². The zero-order valence-corrected chi connectivity index (χ0v) is 11.2. The van der Waals surface area contributed by atoms with Crippen molar-refractivity contribution in [1.82, 2.24) is 5.32 Å². The first-order valence-electron chi connectivity index (χ1n) is 5.83. The summed E-state index contributed by atoms with van der Waals surface area (Å²) in [4.78, 5) is 0. The molecule has 4 heteroatoms. The van der Waals surface area contributed by atoms with Crippen LogP contribution in [0.25, 0.3) is 0 Å². The molecule has 1 atom stereocenters. The van der Waals surface area contributed by atoms with Crippen molar-refractivity contribution in [2.24, 2.45) is 0 Å². The molecule has 1 saturated heterocycles. The third kappa shape index (κ3) is 2.22. The summed E-state index contributed by atoms with van der Waals surface area (Å²) in [7, 11) is 3.30. The average molecular weight is 256 g/mol. The lowest BCUT2D eigenvalue weighted by Crippen LogP contribution is -2.15. The van der Waals surface area contributed by atoms with Crippen LogP contribution in [0.1, 0.15) is 30.0 Å². The molecule has 0 saturated carbocycles. The normalized spacial score (nSPS) is 19.4. The first kappa shape index (κ1) is 12.5. The van der Waals surface area contributed by atoms with Gasteiger partial charge in [-0.2, -0.15) is 0 Å². The Morgan fingerprint density at radius 2 is 2.12 bits per heavy atom. The number of ether oxygens (including phenoxy) is 2. The van der Waals surface area contributed by atoms with Gasteiger partial charge in [-0.1, -0.05) is 11.6 Å². The Morgan fingerprint density at radius 3 is 2.65 bits per heavy atom. The summed E-state index contributed by atoms with van der Waals surface area (Å²) in [6.07, 6.45) is 2.29. The van der Waals surface area contributed by atoms with E-state index >= 15 is 0 Å². The van der Waals surface area contributed by atoms with E-state index in [9.17, 15) is 0 Å². The Labute approximate surface area is 107 Å². The van der Waals surface area contributed by atoms with Gasteiger partial charge in [0.25, 0.3) is 0 Å².